The Kier molecular flexibility index (Phi) is 66.7. The van der Waals surface area contributed by atoms with Gasteiger partial charge in [-0.3, -0.25) is 22.8 Å². The molecule has 0 bridgehead atoms. The number of rotatable bonds is 39. The van der Waals surface area contributed by atoms with Crippen molar-refractivity contribution in [2.45, 2.75) is 267 Å². The maximum absolute atomic E-state index is 10.3. The normalized spacial score (nSPS) is 12.4. The van der Waals surface area contributed by atoms with Gasteiger partial charge in [-0.1, -0.05) is 103 Å². The van der Waals surface area contributed by atoms with Gasteiger partial charge in [-0.05, 0) is 6.42 Å². The van der Waals surface area contributed by atoms with Gasteiger partial charge in [0.2, 0.25) is 0 Å². The molecular weight excluding hydrogens is 875 g/mol. The molecule has 2 unspecified atom stereocenters. The molecule has 0 saturated heterocycles. The Bertz CT molecular complexity index is 1110. The molecule has 0 heterocycles. The van der Waals surface area contributed by atoms with Crippen molar-refractivity contribution in [2.75, 3.05) is 6.61 Å². The van der Waals surface area contributed by atoms with Crippen LogP contribution in [0.2, 0.25) is 7.34 Å². The van der Waals surface area contributed by atoms with Gasteiger partial charge < -0.3 is 0 Å². The monoisotopic (exact) mass is 973 g/mol. The van der Waals surface area contributed by atoms with Crippen LogP contribution in [0.5, 0.6) is 0 Å². The average Bonchev–Trinajstić information content (AvgIpc) is 3.18. The molecule has 0 aromatic heterocycles. The third-order valence-corrected chi connectivity index (χ3v) is 13.6. The molecule has 0 aliphatic heterocycles. The van der Waals surface area contributed by atoms with Crippen LogP contribution in [0.1, 0.15) is 259 Å². The Hall–Kier alpha value is 1.61. The summed E-state index contributed by atoms with van der Waals surface area (Å²) in [5, 5.41) is 0. The second-order valence-electron chi connectivity index (χ2n) is 17.2. The van der Waals surface area contributed by atoms with Crippen molar-refractivity contribution in [3.63, 3.8) is 0 Å². The van der Waals surface area contributed by atoms with Crippen LogP contribution in [-0.2, 0) is 35.4 Å². The predicted molar refractivity (Wildman–Crippen MR) is 264 cm³/mol. The first kappa shape index (κ1) is 72.6. The molecule has 62 heavy (non-hydrogen) atoms. The van der Waals surface area contributed by atoms with Gasteiger partial charge in [-0.25, -0.2) is 4.18 Å². The van der Waals surface area contributed by atoms with E-state index in [1.807, 2.05) is 0 Å². The topological polar surface area (TPSA) is 213 Å². The molecule has 0 aromatic rings. The minimum Gasteiger partial charge on any atom is -0.264 e. The number of unbranched alkanes of at least 4 members (excludes halogenated alkanes) is 27. The quantitative estimate of drug-likeness (QED) is 0.0221. The van der Waals surface area contributed by atoms with Crippen molar-refractivity contribution >= 4 is 87.1 Å². The van der Waals surface area contributed by atoms with Gasteiger partial charge in [0.05, 0.1) is 6.61 Å². The summed E-state index contributed by atoms with van der Waals surface area (Å²) < 4.78 is 99.5. The van der Waals surface area contributed by atoms with E-state index in [1.165, 1.54) is 269 Å². The fourth-order valence-corrected chi connectivity index (χ4v) is 8.15. The van der Waals surface area contributed by atoms with Crippen molar-refractivity contribution in [2.24, 2.45) is 11.8 Å². The van der Waals surface area contributed by atoms with Crippen molar-refractivity contribution < 1.29 is 52.2 Å². The molecule has 12 nitrogen and oxygen atoms in total. The molecule has 0 aliphatic carbocycles. The van der Waals surface area contributed by atoms with Gasteiger partial charge in [-0.2, -0.15) is 25.3 Å². The molecule has 370 valence electrons. The Morgan fingerprint density at radius 2 is 0.661 bits per heavy atom. The summed E-state index contributed by atoms with van der Waals surface area (Å²) in [6.07, 6.45) is 48.3. The summed E-state index contributed by atoms with van der Waals surface area (Å²) in [5.74, 6) is 2.03. The SMILES string of the molecule is CCCCCC(CC)CCCCC(C)[CH2][Na].CCCCCCCCCCCCCCCCCCOS(=O)(=O)O.CCCCCCCCCCC[CH2][Na].O=S(=O)(O)O.O=S(=O)(O)O. The van der Waals surface area contributed by atoms with Gasteiger partial charge in [0.15, 0.2) is 0 Å². The molecule has 0 radical (unpaired) electrons. The van der Waals surface area contributed by atoms with Crippen molar-refractivity contribution in [1.82, 2.24) is 0 Å². The number of hydrogen-bond donors (Lipinski definition) is 5. The summed E-state index contributed by atoms with van der Waals surface area (Å²) in [5.41, 5.74) is 0. The molecule has 0 amide bonds. The van der Waals surface area contributed by atoms with E-state index in [-0.39, 0.29) is 6.61 Å². The largest absolute Gasteiger partial charge is 0.394 e. The minimum atomic E-state index is -4.67. The Morgan fingerprint density at radius 1 is 0.403 bits per heavy atom. The van der Waals surface area contributed by atoms with Crippen LogP contribution < -0.4 is 0 Å². The Balaban J connectivity index is -0.000000242. The summed E-state index contributed by atoms with van der Waals surface area (Å²) in [4.78, 5) is 0. The van der Waals surface area contributed by atoms with Gasteiger partial charge in [0.1, 0.15) is 0 Å². The molecule has 0 saturated carbocycles. The van der Waals surface area contributed by atoms with E-state index < -0.39 is 31.2 Å². The maximum Gasteiger partial charge on any atom is 0.394 e. The average molecular weight is 973 g/mol. The van der Waals surface area contributed by atoms with Crippen molar-refractivity contribution in [3.8, 4) is 0 Å². The summed E-state index contributed by atoms with van der Waals surface area (Å²) >= 11 is 2.80. The van der Waals surface area contributed by atoms with Gasteiger partial charge in [0.25, 0.3) is 0 Å². The summed E-state index contributed by atoms with van der Waals surface area (Å²) in [6.45, 7) is 11.7. The third kappa shape index (κ3) is 99.8. The van der Waals surface area contributed by atoms with Crippen LogP contribution in [0, 0.1) is 11.8 Å². The first-order valence-electron chi connectivity index (χ1n) is 25.2. The maximum atomic E-state index is 10.3. The summed E-state index contributed by atoms with van der Waals surface area (Å²) in [6, 6.07) is 0. The van der Waals surface area contributed by atoms with E-state index in [1.54, 1.807) is 0 Å². The second kappa shape index (κ2) is 56.9. The Labute approximate surface area is 420 Å². The van der Waals surface area contributed by atoms with E-state index in [2.05, 4.69) is 38.8 Å². The standard InChI is InChI=1S/C18H38O4S.C15H31.C12H25.2Na.2H2O4S/c1-2-3-4-5-6-7-8-9-10-11-12-13-14-15-16-17-18-22-23(19,20)21;1-5-7-8-12-15(6-2)13-10-9-11-14(3)4;1-3-5-7-9-11-12-10-8-6-4-2;;;2*1-5(2,3)4/h2-18H2,1H3,(H,19,20,21);14-15H,3,5-13H2,1-2,4H3;1,3-12H2,2H3;;;2*(H2,1,2,3,4). The predicted octanol–water partition coefficient (Wildman–Crippen LogP) is 14.6. The zero-order valence-corrected chi connectivity index (χ0v) is 47.8. The van der Waals surface area contributed by atoms with Crippen LogP contribution in [0.25, 0.3) is 0 Å². The van der Waals surface area contributed by atoms with E-state index >= 15 is 0 Å². The Morgan fingerprint density at radius 3 is 0.935 bits per heavy atom. The minimum absolute atomic E-state index is 0.0945. The fourth-order valence-electron chi connectivity index (χ4n) is 6.92. The van der Waals surface area contributed by atoms with Crippen LogP contribution >= 0.6 is 0 Å². The van der Waals surface area contributed by atoms with E-state index in [0.29, 0.717) is 6.42 Å². The van der Waals surface area contributed by atoms with Gasteiger partial charge in [-0.15, -0.1) is 0 Å². The molecule has 0 spiro atoms. The molecule has 0 aromatic carbocycles. The molecule has 0 fully saturated rings. The van der Waals surface area contributed by atoms with Gasteiger partial charge >= 0.3 is 256 Å². The zero-order valence-electron chi connectivity index (χ0n) is 41.3. The fraction of sp³-hybridized carbons (Fsp3) is 1.00. The molecule has 0 aliphatic rings. The summed E-state index contributed by atoms with van der Waals surface area (Å²) in [7, 11) is -13.6. The van der Waals surface area contributed by atoms with Crippen LogP contribution in [0.3, 0.4) is 0 Å². The van der Waals surface area contributed by atoms with E-state index in [0.717, 1.165) is 24.7 Å². The van der Waals surface area contributed by atoms with Crippen molar-refractivity contribution in [1.29, 1.82) is 0 Å². The smallest absolute Gasteiger partial charge is 0.264 e. The molecule has 2 atom stereocenters. The first-order chi connectivity index (χ1) is 29.2. The first-order valence-corrected chi connectivity index (χ1v) is 32.2. The van der Waals surface area contributed by atoms with Crippen LogP contribution in [-0.4, -0.2) is 110 Å². The molecule has 17 heteroatoms. The zero-order chi connectivity index (χ0) is 48.2. The number of hydrogen-bond acceptors (Lipinski definition) is 7. The van der Waals surface area contributed by atoms with Crippen molar-refractivity contribution in [3.05, 3.63) is 0 Å². The molecule has 0 rings (SSSR count). The van der Waals surface area contributed by atoms with Gasteiger partial charge in [0, 0.05) is 0 Å². The van der Waals surface area contributed by atoms with Crippen LogP contribution in [0.4, 0.5) is 0 Å². The third-order valence-electron chi connectivity index (χ3n) is 11.0. The van der Waals surface area contributed by atoms with E-state index in [9.17, 15) is 8.42 Å². The molecule has 5 N–H and O–H groups in total. The molecular formula is C45H98Na2O12S3. The van der Waals surface area contributed by atoms with Crippen LogP contribution in [0.15, 0.2) is 0 Å². The van der Waals surface area contributed by atoms with E-state index in [4.69, 9.17) is 39.6 Å². The second-order valence-corrected chi connectivity index (χ2v) is 21.9.